The van der Waals surface area contributed by atoms with E-state index >= 15 is 0 Å². The highest BCUT2D eigenvalue weighted by atomic mass is 16.5. The van der Waals surface area contributed by atoms with E-state index in [9.17, 15) is 4.79 Å². The van der Waals surface area contributed by atoms with Gasteiger partial charge in [0.05, 0.1) is 13.0 Å². The van der Waals surface area contributed by atoms with Crippen LogP contribution in [0.4, 0.5) is 0 Å². The van der Waals surface area contributed by atoms with Crippen LogP contribution < -0.4 is 4.74 Å². The van der Waals surface area contributed by atoms with Gasteiger partial charge in [-0.25, -0.2) is 0 Å². The molecule has 1 heterocycles. The molecule has 0 aromatic heterocycles. The number of carbonyl (C=O) groups is 1. The molecule has 0 unspecified atom stereocenters. The second-order valence-corrected chi connectivity index (χ2v) is 5.59. The van der Waals surface area contributed by atoms with Crippen LogP contribution in [0.3, 0.4) is 0 Å². The van der Waals surface area contributed by atoms with Gasteiger partial charge in [-0.15, -0.1) is 0 Å². The number of likely N-dealkylation sites (tertiary alicyclic amines) is 1. The maximum absolute atomic E-state index is 12.1. The summed E-state index contributed by atoms with van der Waals surface area (Å²) < 4.78 is 5.76. The summed E-state index contributed by atoms with van der Waals surface area (Å²) in [5.41, 5.74) is 2.39. The van der Waals surface area contributed by atoms with Crippen molar-refractivity contribution in [1.29, 1.82) is 0 Å². The molecule has 1 saturated heterocycles. The molecule has 1 aromatic carbocycles. The number of hydrogen-bond acceptors (Lipinski definition) is 2. The summed E-state index contributed by atoms with van der Waals surface area (Å²) in [5.74, 6) is 1.13. The van der Waals surface area contributed by atoms with Gasteiger partial charge in [-0.2, -0.15) is 0 Å². The van der Waals surface area contributed by atoms with E-state index in [4.69, 9.17) is 4.74 Å². The number of rotatable bonds is 4. The van der Waals surface area contributed by atoms with Gasteiger partial charge >= 0.3 is 0 Å². The summed E-state index contributed by atoms with van der Waals surface area (Å²) in [6.07, 6.45) is 5.27. The molecule has 0 aliphatic carbocycles. The van der Waals surface area contributed by atoms with Crippen molar-refractivity contribution in [2.24, 2.45) is 0 Å². The molecular weight excluding hydrogens is 250 g/mol. The SMILES string of the molecule is Cc1cccc(OCCC(=O)N2CCCCCC2)c1C. The lowest BCUT2D eigenvalue weighted by atomic mass is 10.1. The minimum Gasteiger partial charge on any atom is -0.493 e. The molecule has 1 amide bonds. The van der Waals surface area contributed by atoms with Crippen molar-refractivity contribution in [1.82, 2.24) is 4.90 Å². The topological polar surface area (TPSA) is 29.5 Å². The largest absolute Gasteiger partial charge is 0.493 e. The van der Waals surface area contributed by atoms with Crippen LogP contribution in [0.25, 0.3) is 0 Å². The second-order valence-electron chi connectivity index (χ2n) is 5.59. The summed E-state index contributed by atoms with van der Waals surface area (Å²) in [6.45, 7) is 6.44. The normalized spacial score (nSPS) is 15.8. The van der Waals surface area contributed by atoms with E-state index < -0.39 is 0 Å². The molecule has 3 heteroatoms. The Morgan fingerprint density at radius 3 is 2.55 bits per heavy atom. The Kier molecular flexibility index (Phi) is 5.45. The Bertz CT molecular complexity index is 448. The van der Waals surface area contributed by atoms with Gasteiger partial charge in [-0.1, -0.05) is 25.0 Å². The lowest BCUT2D eigenvalue weighted by Crippen LogP contribution is -2.32. The van der Waals surface area contributed by atoms with Crippen LogP contribution in [-0.4, -0.2) is 30.5 Å². The summed E-state index contributed by atoms with van der Waals surface area (Å²) in [5, 5.41) is 0. The second kappa shape index (κ2) is 7.32. The van der Waals surface area contributed by atoms with Crippen LogP contribution >= 0.6 is 0 Å². The first-order valence-corrected chi connectivity index (χ1v) is 7.65. The molecule has 110 valence electrons. The highest BCUT2D eigenvalue weighted by Gasteiger charge is 2.15. The van der Waals surface area contributed by atoms with Gasteiger partial charge in [0, 0.05) is 13.1 Å². The molecule has 3 nitrogen and oxygen atoms in total. The maximum Gasteiger partial charge on any atom is 0.225 e. The van der Waals surface area contributed by atoms with Crippen molar-refractivity contribution in [2.45, 2.75) is 46.0 Å². The average molecular weight is 275 g/mol. The smallest absolute Gasteiger partial charge is 0.225 e. The highest BCUT2D eigenvalue weighted by Crippen LogP contribution is 2.20. The zero-order chi connectivity index (χ0) is 14.4. The first-order valence-electron chi connectivity index (χ1n) is 7.65. The number of amides is 1. The van der Waals surface area contributed by atoms with Gasteiger partial charge in [0.15, 0.2) is 0 Å². The predicted octanol–water partition coefficient (Wildman–Crippen LogP) is 3.47. The molecule has 0 bridgehead atoms. The van der Waals surface area contributed by atoms with E-state index in [0.29, 0.717) is 13.0 Å². The van der Waals surface area contributed by atoms with E-state index in [-0.39, 0.29) is 5.91 Å². The number of hydrogen-bond donors (Lipinski definition) is 0. The van der Waals surface area contributed by atoms with E-state index in [1.165, 1.54) is 18.4 Å². The van der Waals surface area contributed by atoms with Gasteiger partial charge < -0.3 is 9.64 Å². The third-order valence-corrected chi connectivity index (χ3v) is 4.09. The highest BCUT2D eigenvalue weighted by molar-refractivity contribution is 5.76. The summed E-state index contributed by atoms with van der Waals surface area (Å²) in [4.78, 5) is 14.1. The van der Waals surface area contributed by atoms with Crippen LogP contribution in [0.5, 0.6) is 5.75 Å². The Labute approximate surface area is 121 Å². The Morgan fingerprint density at radius 1 is 1.15 bits per heavy atom. The lowest BCUT2D eigenvalue weighted by Gasteiger charge is -2.20. The number of aryl methyl sites for hydroxylation is 1. The standard InChI is InChI=1S/C17H25NO2/c1-14-8-7-9-16(15(14)2)20-13-10-17(19)18-11-5-3-4-6-12-18/h7-9H,3-6,10-13H2,1-2H3. The van der Waals surface area contributed by atoms with Gasteiger partial charge in [0.25, 0.3) is 0 Å². The summed E-state index contributed by atoms with van der Waals surface area (Å²) in [6, 6.07) is 6.04. The van der Waals surface area contributed by atoms with Crippen LogP contribution in [0, 0.1) is 13.8 Å². The quantitative estimate of drug-likeness (QED) is 0.842. The van der Waals surface area contributed by atoms with Crippen molar-refractivity contribution in [2.75, 3.05) is 19.7 Å². The van der Waals surface area contributed by atoms with Gasteiger partial charge in [-0.3, -0.25) is 4.79 Å². The number of ether oxygens (including phenoxy) is 1. The molecular formula is C17H25NO2. The Hall–Kier alpha value is -1.51. The van der Waals surface area contributed by atoms with Gasteiger partial charge in [0.1, 0.15) is 5.75 Å². The van der Waals surface area contributed by atoms with Crippen LogP contribution in [-0.2, 0) is 4.79 Å². The van der Waals surface area contributed by atoms with E-state index in [1.54, 1.807) is 0 Å². The van der Waals surface area contributed by atoms with Crippen LogP contribution in [0.2, 0.25) is 0 Å². The van der Waals surface area contributed by atoms with Gasteiger partial charge in [-0.05, 0) is 43.9 Å². The minimum absolute atomic E-state index is 0.234. The van der Waals surface area contributed by atoms with Crippen molar-refractivity contribution < 1.29 is 9.53 Å². The molecule has 0 saturated carbocycles. The van der Waals surface area contributed by atoms with Crippen molar-refractivity contribution in [3.8, 4) is 5.75 Å². The lowest BCUT2D eigenvalue weighted by molar-refractivity contribution is -0.131. The molecule has 1 aliphatic heterocycles. The molecule has 1 aromatic rings. The number of benzene rings is 1. The fourth-order valence-electron chi connectivity index (χ4n) is 2.61. The maximum atomic E-state index is 12.1. The van der Waals surface area contributed by atoms with Crippen LogP contribution in [0.1, 0.15) is 43.2 Å². The molecule has 1 aliphatic rings. The van der Waals surface area contributed by atoms with Gasteiger partial charge in [0.2, 0.25) is 5.91 Å². The molecule has 2 rings (SSSR count). The first-order chi connectivity index (χ1) is 9.68. The first kappa shape index (κ1) is 14.9. The van der Waals surface area contributed by atoms with E-state index in [2.05, 4.69) is 19.9 Å². The zero-order valence-corrected chi connectivity index (χ0v) is 12.7. The van der Waals surface area contributed by atoms with E-state index in [0.717, 1.165) is 37.2 Å². The Morgan fingerprint density at radius 2 is 1.85 bits per heavy atom. The van der Waals surface area contributed by atoms with Crippen molar-refractivity contribution >= 4 is 5.91 Å². The summed E-state index contributed by atoms with van der Waals surface area (Å²) >= 11 is 0. The Balaban J connectivity index is 1.80. The third-order valence-electron chi connectivity index (χ3n) is 4.09. The number of carbonyl (C=O) groups excluding carboxylic acids is 1. The zero-order valence-electron chi connectivity index (χ0n) is 12.7. The summed E-state index contributed by atoms with van der Waals surface area (Å²) in [7, 11) is 0. The molecule has 1 fully saturated rings. The third kappa shape index (κ3) is 3.99. The molecule has 20 heavy (non-hydrogen) atoms. The minimum atomic E-state index is 0.234. The molecule has 0 radical (unpaired) electrons. The monoisotopic (exact) mass is 275 g/mol. The molecule has 0 N–H and O–H groups in total. The van der Waals surface area contributed by atoms with Crippen molar-refractivity contribution in [3.63, 3.8) is 0 Å². The fourth-order valence-corrected chi connectivity index (χ4v) is 2.61. The molecule has 0 spiro atoms. The molecule has 0 atom stereocenters. The number of nitrogens with zero attached hydrogens (tertiary/aromatic N) is 1. The van der Waals surface area contributed by atoms with E-state index in [1.807, 2.05) is 17.0 Å². The fraction of sp³-hybridized carbons (Fsp3) is 0.588. The average Bonchev–Trinajstić information content (AvgIpc) is 2.72. The predicted molar refractivity (Wildman–Crippen MR) is 81.1 cm³/mol. The van der Waals surface area contributed by atoms with Crippen molar-refractivity contribution in [3.05, 3.63) is 29.3 Å². The van der Waals surface area contributed by atoms with Crippen LogP contribution in [0.15, 0.2) is 18.2 Å².